The summed E-state index contributed by atoms with van der Waals surface area (Å²) < 4.78 is 0. The number of carboxylic acid groups (broad SMARTS) is 1. The summed E-state index contributed by atoms with van der Waals surface area (Å²) in [6, 6.07) is 26.0. The molecule has 12 heteroatoms. The van der Waals surface area contributed by atoms with Crippen molar-refractivity contribution >= 4 is 89.2 Å². The fraction of sp³-hybridized carbons (Fsp3) is 0. The third kappa shape index (κ3) is 3.85. The molecule has 0 unspecified atom stereocenters. The van der Waals surface area contributed by atoms with Gasteiger partial charge in [-0.2, -0.15) is 0 Å². The summed E-state index contributed by atoms with van der Waals surface area (Å²) >= 11 is 5.86. The molecule has 0 atom stereocenters. The van der Waals surface area contributed by atoms with E-state index in [0.717, 1.165) is 32.3 Å². The summed E-state index contributed by atoms with van der Waals surface area (Å²) in [5.41, 5.74) is 1.93. The van der Waals surface area contributed by atoms with Gasteiger partial charge in [-0.25, -0.2) is 24.8 Å². The van der Waals surface area contributed by atoms with E-state index < -0.39 is 11.2 Å². The Morgan fingerprint density at radius 1 is 0.522 bits per heavy atom. The highest BCUT2D eigenvalue weighted by Crippen LogP contribution is 2.38. The number of fused-ring (bicyclic) bond motifs is 20. The molecule has 9 rings (SSSR count). The predicted molar refractivity (Wildman–Crippen MR) is 174 cm³/mol. The van der Waals surface area contributed by atoms with Crippen molar-refractivity contribution in [1.82, 2.24) is 19.9 Å². The lowest BCUT2D eigenvalue weighted by molar-refractivity contribution is 0.0699. The van der Waals surface area contributed by atoms with Crippen LogP contribution in [0.3, 0.4) is 0 Å². The number of nitrogens with one attached hydrogen (secondary N) is 4. The Hall–Kier alpha value is -6.33. The lowest BCUT2D eigenvalue weighted by atomic mass is 10.0. The van der Waals surface area contributed by atoms with E-state index in [1.165, 1.54) is 12.1 Å². The summed E-state index contributed by atoms with van der Waals surface area (Å²) in [5.74, 6) is 0.503. The van der Waals surface area contributed by atoms with Gasteiger partial charge in [0.15, 0.2) is 0 Å². The Morgan fingerprint density at radius 2 is 0.913 bits per heavy atom. The van der Waals surface area contributed by atoms with Crippen molar-refractivity contribution in [2.24, 2.45) is 20.0 Å². The SMILES string of the molecule is O=C(Cl)c1cc(C(=O)O)c2c3[nH]c(c2c1)N=c1[nH]c(c2ccccc12)=Nc1[nH]c(c2ccccc12)N=c1[nH]c(c2ccccc12)=N3. The number of carbonyl (C=O) groups excluding carboxylic acids is 1. The highest BCUT2D eigenvalue weighted by Gasteiger charge is 2.22. The number of hydrogen-bond acceptors (Lipinski definition) is 6. The maximum Gasteiger partial charge on any atom is 0.336 e. The number of halogens is 1. The van der Waals surface area contributed by atoms with Crippen LogP contribution < -0.4 is 22.0 Å². The number of nitrogens with zero attached hydrogens (tertiary/aromatic N) is 4. The zero-order valence-electron chi connectivity index (χ0n) is 23.5. The van der Waals surface area contributed by atoms with Gasteiger partial charge in [0.05, 0.1) is 5.56 Å². The summed E-state index contributed by atoms with van der Waals surface area (Å²) in [6.45, 7) is 0. The van der Waals surface area contributed by atoms with Crippen LogP contribution in [0.5, 0.6) is 0 Å². The van der Waals surface area contributed by atoms with E-state index in [1.54, 1.807) is 0 Å². The van der Waals surface area contributed by atoms with Crippen LogP contribution in [-0.2, 0) is 0 Å². The number of rotatable bonds is 2. The van der Waals surface area contributed by atoms with Crippen molar-refractivity contribution in [2.45, 2.75) is 0 Å². The molecule has 8 bridgehead atoms. The fourth-order valence-electron chi connectivity index (χ4n) is 6.19. The van der Waals surface area contributed by atoms with Crippen LogP contribution >= 0.6 is 11.6 Å². The lowest BCUT2D eigenvalue weighted by Gasteiger charge is -2.02. The second-order valence-corrected chi connectivity index (χ2v) is 11.2. The Balaban J connectivity index is 1.52. The van der Waals surface area contributed by atoms with Crippen molar-refractivity contribution in [3.63, 3.8) is 0 Å². The molecule has 220 valence electrons. The summed E-state index contributed by atoms with van der Waals surface area (Å²) in [4.78, 5) is 58.1. The van der Waals surface area contributed by atoms with Crippen LogP contribution in [0.1, 0.15) is 20.7 Å². The maximum atomic E-state index is 12.6. The molecule has 0 spiro atoms. The normalized spacial score (nSPS) is 12.5. The van der Waals surface area contributed by atoms with Crippen molar-refractivity contribution in [1.29, 1.82) is 0 Å². The Bertz CT molecular complexity index is 2890. The van der Waals surface area contributed by atoms with Gasteiger partial charge in [0, 0.05) is 48.7 Å². The molecule has 1 aliphatic rings. The van der Waals surface area contributed by atoms with Gasteiger partial charge in [-0.05, 0) is 23.7 Å². The van der Waals surface area contributed by atoms with Crippen LogP contribution in [0.15, 0.2) is 105 Å². The number of aromatic nitrogens is 4. The molecule has 0 amide bonds. The standard InChI is InChI=1S/C34H19ClN8O3/c35-25(44)15-13-22-24(23(14-15)34(45)46)33-42-31-21-12-6-5-11-20(21)29(40-31)38-27-17-8-2-1-7-16(17)26(36-27)37-28-18-9-3-4-10-19(18)30(39-28)41-32(22)43-33/h1-14H,(H,45,46)(H4,36,37,38,39,40,41,42,43). The first-order valence-corrected chi connectivity index (χ1v) is 14.6. The van der Waals surface area contributed by atoms with E-state index in [9.17, 15) is 14.7 Å². The molecule has 1 aliphatic heterocycles. The lowest BCUT2D eigenvalue weighted by Crippen LogP contribution is -2.10. The Morgan fingerprint density at radius 3 is 1.35 bits per heavy atom. The van der Waals surface area contributed by atoms with Gasteiger partial charge in [-0.15, -0.1) is 0 Å². The van der Waals surface area contributed by atoms with Crippen molar-refractivity contribution in [3.8, 4) is 0 Å². The topological polar surface area (TPSA) is 167 Å². The molecule has 11 nitrogen and oxygen atoms in total. The highest BCUT2D eigenvalue weighted by atomic mass is 35.5. The quantitative estimate of drug-likeness (QED) is 0.154. The highest BCUT2D eigenvalue weighted by molar-refractivity contribution is 6.67. The van der Waals surface area contributed by atoms with E-state index in [2.05, 4.69) is 19.9 Å². The first-order chi connectivity index (χ1) is 22.4. The minimum absolute atomic E-state index is 0.0205. The number of hydrogen-bond donors (Lipinski definition) is 5. The van der Waals surface area contributed by atoms with E-state index >= 15 is 0 Å². The molecule has 0 saturated carbocycles. The minimum Gasteiger partial charge on any atom is -0.478 e. The van der Waals surface area contributed by atoms with Gasteiger partial charge < -0.3 is 25.0 Å². The zero-order chi connectivity index (χ0) is 31.1. The van der Waals surface area contributed by atoms with Gasteiger partial charge >= 0.3 is 5.97 Å². The third-order valence-electron chi connectivity index (χ3n) is 8.24. The van der Waals surface area contributed by atoms with Crippen LogP contribution in [0, 0.1) is 0 Å². The molecule has 5 N–H and O–H groups in total. The zero-order valence-corrected chi connectivity index (χ0v) is 24.3. The van der Waals surface area contributed by atoms with E-state index in [1.807, 2.05) is 72.8 Å². The maximum absolute atomic E-state index is 12.6. The van der Waals surface area contributed by atoms with Gasteiger partial charge in [0.25, 0.3) is 5.24 Å². The Labute approximate surface area is 261 Å². The molecule has 4 aromatic carbocycles. The number of benzene rings is 4. The predicted octanol–water partition coefficient (Wildman–Crippen LogP) is 5.81. The molecule has 5 heterocycles. The average Bonchev–Trinajstić information content (AvgIpc) is 3.80. The van der Waals surface area contributed by atoms with E-state index in [0.29, 0.717) is 39.0 Å². The summed E-state index contributed by atoms with van der Waals surface area (Å²) in [7, 11) is 0. The molecule has 46 heavy (non-hydrogen) atoms. The van der Waals surface area contributed by atoms with Crippen molar-refractivity contribution in [2.75, 3.05) is 0 Å². The van der Waals surface area contributed by atoms with Crippen LogP contribution in [0.4, 0.5) is 23.3 Å². The second-order valence-electron chi connectivity index (χ2n) is 10.9. The first kappa shape index (κ1) is 26.1. The fourth-order valence-corrected chi connectivity index (χ4v) is 6.29. The van der Waals surface area contributed by atoms with Gasteiger partial charge in [-0.3, -0.25) is 4.79 Å². The number of aromatic carboxylic acids is 1. The van der Waals surface area contributed by atoms with Gasteiger partial charge in [0.1, 0.15) is 45.2 Å². The van der Waals surface area contributed by atoms with E-state index in [4.69, 9.17) is 31.6 Å². The molecule has 0 radical (unpaired) electrons. The molecule has 4 aromatic heterocycles. The third-order valence-corrected chi connectivity index (χ3v) is 8.46. The number of carbonyl (C=O) groups is 2. The smallest absolute Gasteiger partial charge is 0.336 e. The van der Waals surface area contributed by atoms with Gasteiger partial charge in [0.2, 0.25) is 0 Å². The van der Waals surface area contributed by atoms with Crippen molar-refractivity contribution < 1.29 is 14.7 Å². The molecule has 0 fully saturated rings. The molecular weight excluding hydrogens is 604 g/mol. The minimum atomic E-state index is -1.25. The number of H-pyrrole nitrogens is 4. The summed E-state index contributed by atoms with van der Waals surface area (Å²) in [6.07, 6.45) is 0. The molecule has 0 aliphatic carbocycles. The molecule has 8 aromatic rings. The van der Waals surface area contributed by atoms with E-state index in [-0.39, 0.29) is 28.1 Å². The van der Waals surface area contributed by atoms with Crippen LogP contribution in [-0.4, -0.2) is 36.3 Å². The second kappa shape index (κ2) is 9.58. The van der Waals surface area contributed by atoms with Gasteiger partial charge in [-0.1, -0.05) is 72.8 Å². The van der Waals surface area contributed by atoms with Crippen molar-refractivity contribution in [3.05, 3.63) is 118 Å². The van der Waals surface area contributed by atoms with Crippen LogP contribution in [0.25, 0.3) is 43.1 Å². The number of aromatic amines is 4. The monoisotopic (exact) mass is 622 g/mol. The van der Waals surface area contributed by atoms with Crippen LogP contribution in [0.2, 0.25) is 0 Å². The summed E-state index contributed by atoms with van der Waals surface area (Å²) in [5, 5.41) is 15.1. The number of carboxylic acids is 1. The molecular formula is C34H19ClN8O3. The molecule has 0 saturated heterocycles. The Kier molecular flexibility index (Phi) is 5.44. The largest absolute Gasteiger partial charge is 0.478 e. The first-order valence-electron chi connectivity index (χ1n) is 14.2. The average molecular weight is 623 g/mol.